The molecule has 0 aliphatic carbocycles. The van der Waals surface area contributed by atoms with Gasteiger partial charge >= 0.3 is 5.69 Å². The molecule has 0 fully saturated rings. The highest BCUT2D eigenvalue weighted by Crippen LogP contribution is 2.30. The largest absolute Gasteiger partial charge is 0.370 e. The number of primary amides is 1. The third kappa shape index (κ3) is 2.83. The van der Waals surface area contributed by atoms with Gasteiger partial charge in [0.25, 0.3) is 5.56 Å². The fraction of sp³-hybridized carbons (Fsp3) is 0.188. The SMILES string of the molecule is Cc1ccc(-c2csc3[nH]c(=O)n(CCC(N)=O)c(=O)c23)cc1. The van der Waals surface area contributed by atoms with Gasteiger partial charge in [0, 0.05) is 23.9 Å². The van der Waals surface area contributed by atoms with Gasteiger partial charge in [-0.15, -0.1) is 11.3 Å². The predicted octanol–water partition coefficient (Wildman–Crippen LogP) is 1.60. The molecule has 6 nitrogen and oxygen atoms in total. The zero-order valence-corrected chi connectivity index (χ0v) is 13.3. The van der Waals surface area contributed by atoms with Crippen molar-refractivity contribution in [2.45, 2.75) is 19.9 Å². The van der Waals surface area contributed by atoms with Crippen molar-refractivity contribution in [3.05, 3.63) is 56.0 Å². The van der Waals surface area contributed by atoms with E-state index >= 15 is 0 Å². The van der Waals surface area contributed by atoms with Crippen molar-refractivity contribution >= 4 is 27.5 Å². The molecule has 2 heterocycles. The second-order valence-electron chi connectivity index (χ2n) is 5.32. The van der Waals surface area contributed by atoms with Crippen molar-refractivity contribution in [3.8, 4) is 11.1 Å². The summed E-state index contributed by atoms with van der Waals surface area (Å²) in [5.74, 6) is -0.555. The number of nitrogens with zero attached hydrogens (tertiary/aromatic N) is 1. The van der Waals surface area contributed by atoms with Gasteiger partial charge in [0.2, 0.25) is 5.91 Å². The minimum atomic E-state index is -0.555. The lowest BCUT2D eigenvalue weighted by atomic mass is 10.1. The standard InChI is InChI=1S/C16H15N3O3S/c1-9-2-4-10(5-3-9)11-8-23-14-13(11)15(21)19(16(22)18-14)7-6-12(17)20/h2-5,8H,6-7H2,1H3,(H2,17,20)(H,18,22). The lowest BCUT2D eigenvalue weighted by Crippen LogP contribution is -2.35. The number of nitrogens with one attached hydrogen (secondary N) is 1. The van der Waals surface area contributed by atoms with Gasteiger partial charge in [0.05, 0.1) is 5.39 Å². The highest BCUT2D eigenvalue weighted by molar-refractivity contribution is 7.17. The number of carbonyl (C=O) groups is 1. The first-order valence-corrected chi connectivity index (χ1v) is 7.95. The van der Waals surface area contributed by atoms with Crippen molar-refractivity contribution < 1.29 is 4.79 Å². The van der Waals surface area contributed by atoms with Crippen molar-refractivity contribution in [1.29, 1.82) is 0 Å². The Kier molecular flexibility index (Phi) is 3.87. The van der Waals surface area contributed by atoms with E-state index in [1.165, 1.54) is 11.3 Å². The Morgan fingerprint density at radius 2 is 1.96 bits per heavy atom. The molecule has 0 atom stereocenters. The lowest BCUT2D eigenvalue weighted by molar-refractivity contribution is -0.118. The zero-order chi connectivity index (χ0) is 16.6. The summed E-state index contributed by atoms with van der Waals surface area (Å²) < 4.78 is 1.03. The molecule has 0 saturated carbocycles. The number of hydrogen-bond donors (Lipinski definition) is 2. The van der Waals surface area contributed by atoms with Crippen LogP contribution in [0.2, 0.25) is 0 Å². The van der Waals surface area contributed by atoms with Crippen LogP contribution in [0.25, 0.3) is 21.3 Å². The number of H-pyrrole nitrogens is 1. The molecule has 0 radical (unpaired) electrons. The van der Waals surface area contributed by atoms with E-state index in [0.29, 0.717) is 10.2 Å². The van der Waals surface area contributed by atoms with E-state index < -0.39 is 17.2 Å². The number of rotatable bonds is 4. The summed E-state index contributed by atoms with van der Waals surface area (Å²) in [6.07, 6.45) is -0.0570. The van der Waals surface area contributed by atoms with Gasteiger partial charge in [0.15, 0.2) is 0 Å². The molecular weight excluding hydrogens is 314 g/mol. The molecule has 0 saturated heterocycles. The van der Waals surface area contributed by atoms with E-state index in [1.54, 1.807) is 0 Å². The predicted molar refractivity (Wildman–Crippen MR) is 90.7 cm³/mol. The van der Waals surface area contributed by atoms with Crippen molar-refractivity contribution in [2.75, 3.05) is 0 Å². The average molecular weight is 329 g/mol. The summed E-state index contributed by atoms with van der Waals surface area (Å²) >= 11 is 1.31. The van der Waals surface area contributed by atoms with Crippen LogP contribution in [0.3, 0.4) is 0 Å². The number of nitrogens with two attached hydrogens (primary N) is 1. The maximum atomic E-state index is 12.7. The second kappa shape index (κ2) is 5.85. The summed E-state index contributed by atoms with van der Waals surface area (Å²) in [6.45, 7) is 1.96. The number of carbonyl (C=O) groups excluding carboxylic acids is 1. The monoisotopic (exact) mass is 329 g/mol. The summed E-state index contributed by atoms with van der Waals surface area (Å²) in [7, 11) is 0. The van der Waals surface area contributed by atoms with Crippen LogP contribution in [-0.4, -0.2) is 15.5 Å². The van der Waals surface area contributed by atoms with Gasteiger partial charge in [-0.1, -0.05) is 29.8 Å². The first-order chi connectivity index (χ1) is 11.0. The number of hydrogen-bond acceptors (Lipinski definition) is 4. The Morgan fingerprint density at radius 1 is 1.26 bits per heavy atom. The number of fused-ring (bicyclic) bond motifs is 1. The van der Waals surface area contributed by atoms with Gasteiger partial charge in [-0.3, -0.25) is 19.1 Å². The molecule has 118 valence electrons. The molecule has 0 unspecified atom stereocenters. The summed E-state index contributed by atoms with van der Waals surface area (Å²) in [5.41, 5.74) is 6.99. The second-order valence-corrected chi connectivity index (χ2v) is 6.20. The minimum Gasteiger partial charge on any atom is -0.370 e. The Balaban J connectivity index is 2.20. The molecule has 3 rings (SSSR count). The van der Waals surface area contributed by atoms with E-state index in [2.05, 4.69) is 4.98 Å². The van der Waals surface area contributed by atoms with E-state index in [9.17, 15) is 14.4 Å². The molecule has 0 aliphatic heterocycles. The number of benzene rings is 1. The zero-order valence-electron chi connectivity index (χ0n) is 12.5. The van der Waals surface area contributed by atoms with Gasteiger partial charge in [-0.25, -0.2) is 4.79 Å². The Morgan fingerprint density at radius 3 is 2.61 bits per heavy atom. The fourth-order valence-corrected chi connectivity index (χ4v) is 3.38. The van der Waals surface area contributed by atoms with E-state index in [-0.39, 0.29) is 13.0 Å². The van der Waals surface area contributed by atoms with Crippen molar-refractivity contribution in [1.82, 2.24) is 9.55 Å². The van der Waals surface area contributed by atoms with Crippen molar-refractivity contribution in [3.63, 3.8) is 0 Å². The summed E-state index contributed by atoms with van der Waals surface area (Å²) in [4.78, 5) is 38.9. The molecule has 1 amide bonds. The highest BCUT2D eigenvalue weighted by Gasteiger charge is 2.15. The Labute approximate surface area is 135 Å². The van der Waals surface area contributed by atoms with E-state index in [4.69, 9.17) is 5.73 Å². The average Bonchev–Trinajstić information content (AvgIpc) is 2.91. The van der Waals surface area contributed by atoms with Crippen LogP contribution in [0.5, 0.6) is 0 Å². The smallest absolute Gasteiger partial charge is 0.329 e. The van der Waals surface area contributed by atoms with Gasteiger partial charge in [-0.2, -0.15) is 0 Å². The van der Waals surface area contributed by atoms with Crippen LogP contribution in [0.4, 0.5) is 0 Å². The van der Waals surface area contributed by atoms with Crippen LogP contribution in [-0.2, 0) is 11.3 Å². The van der Waals surface area contributed by atoms with Crippen LogP contribution < -0.4 is 17.0 Å². The van der Waals surface area contributed by atoms with E-state index in [1.807, 2.05) is 36.6 Å². The van der Waals surface area contributed by atoms with Gasteiger partial charge in [0.1, 0.15) is 4.83 Å². The molecule has 23 heavy (non-hydrogen) atoms. The highest BCUT2D eigenvalue weighted by atomic mass is 32.1. The molecular formula is C16H15N3O3S. The normalized spacial score (nSPS) is 11.0. The third-order valence-electron chi connectivity index (χ3n) is 3.66. The maximum Gasteiger partial charge on any atom is 0.329 e. The van der Waals surface area contributed by atoms with Crippen LogP contribution >= 0.6 is 11.3 Å². The number of thiophene rings is 1. The van der Waals surface area contributed by atoms with Crippen LogP contribution in [0.1, 0.15) is 12.0 Å². The summed E-state index contributed by atoms with van der Waals surface area (Å²) in [6, 6.07) is 7.82. The lowest BCUT2D eigenvalue weighted by Gasteiger charge is -2.05. The topological polar surface area (TPSA) is 97.9 Å². The molecule has 3 aromatic rings. The number of amides is 1. The molecule has 0 bridgehead atoms. The quantitative estimate of drug-likeness (QED) is 0.760. The number of aromatic nitrogens is 2. The number of aryl methyl sites for hydroxylation is 1. The minimum absolute atomic E-state index is 0.0252. The van der Waals surface area contributed by atoms with Gasteiger partial charge < -0.3 is 5.73 Å². The molecule has 2 aromatic heterocycles. The summed E-state index contributed by atoms with van der Waals surface area (Å²) in [5, 5.41) is 2.31. The molecule has 7 heteroatoms. The van der Waals surface area contributed by atoms with Gasteiger partial charge in [-0.05, 0) is 12.5 Å². The van der Waals surface area contributed by atoms with Crippen molar-refractivity contribution in [2.24, 2.45) is 5.73 Å². The number of aromatic amines is 1. The first-order valence-electron chi connectivity index (χ1n) is 7.07. The molecule has 0 spiro atoms. The molecule has 1 aromatic carbocycles. The molecule has 3 N–H and O–H groups in total. The maximum absolute atomic E-state index is 12.7. The van der Waals surface area contributed by atoms with E-state index in [0.717, 1.165) is 21.3 Å². The third-order valence-corrected chi connectivity index (χ3v) is 4.56. The van der Waals surface area contributed by atoms with Crippen LogP contribution in [0.15, 0.2) is 39.2 Å². The Bertz CT molecular complexity index is 996. The van der Waals surface area contributed by atoms with Crippen LogP contribution in [0, 0.1) is 6.92 Å². The molecule has 0 aliphatic rings. The fourth-order valence-electron chi connectivity index (χ4n) is 2.42. The first kappa shape index (κ1) is 15.2. The Hall–Kier alpha value is -2.67.